The van der Waals surface area contributed by atoms with E-state index in [2.05, 4.69) is 32.1 Å². The van der Waals surface area contributed by atoms with Gasteiger partial charge >= 0.3 is 5.97 Å². The zero-order valence-corrected chi connectivity index (χ0v) is 21.6. The standard InChI is InChI=1S/C29H38N2O4/c1-18(32)35-21-7-10-26(2)19(13-21)5-6-22-23(26)8-11-27(3)24(22)9-12-29(27)15-20(33)14-25(34-4)28(29,16-30)17-31/h5,21-25H,6-15H2,1-4H3/t21-,22+,23-,24-,25-,26-,27-,29+/m0/s1. The van der Waals surface area contributed by atoms with E-state index in [1.807, 2.05) is 0 Å². The first-order chi connectivity index (χ1) is 16.6. The van der Waals surface area contributed by atoms with E-state index in [1.165, 1.54) is 19.6 Å². The first-order valence-electron chi connectivity index (χ1n) is 13.3. The van der Waals surface area contributed by atoms with E-state index in [0.29, 0.717) is 24.2 Å². The van der Waals surface area contributed by atoms with Gasteiger partial charge in [-0.1, -0.05) is 25.5 Å². The average Bonchev–Trinajstić information content (AvgIpc) is 3.11. The Labute approximate surface area is 209 Å². The molecular weight excluding hydrogens is 440 g/mol. The molecule has 4 saturated carbocycles. The number of nitrogens with zero attached hydrogens (tertiary/aromatic N) is 2. The Bertz CT molecular complexity index is 1040. The Kier molecular flexibility index (Phi) is 5.72. The molecule has 1 spiro atoms. The highest BCUT2D eigenvalue weighted by atomic mass is 16.5. The van der Waals surface area contributed by atoms with Crippen LogP contribution in [0.4, 0.5) is 0 Å². The van der Waals surface area contributed by atoms with Crippen molar-refractivity contribution >= 4 is 11.8 Å². The van der Waals surface area contributed by atoms with E-state index in [4.69, 9.17) is 9.47 Å². The quantitative estimate of drug-likeness (QED) is 0.395. The number of esters is 1. The van der Waals surface area contributed by atoms with Crippen LogP contribution in [0.15, 0.2) is 11.6 Å². The molecule has 5 aliphatic rings. The summed E-state index contributed by atoms with van der Waals surface area (Å²) >= 11 is 0. The van der Waals surface area contributed by atoms with Gasteiger partial charge in [-0.05, 0) is 73.5 Å². The highest BCUT2D eigenvalue weighted by Gasteiger charge is 2.74. The number of rotatable bonds is 2. The average molecular weight is 479 g/mol. The summed E-state index contributed by atoms with van der Waals surface area (Å²) < 4.78 is 11.3. The monoisotopic (exact) mass is 478 g/mol. The number of hydrogen-bond acceptors (Lipinski definition) is 6. The van der Waals surface area contributed by atoms with Crippen LogP contribution >= 0.6 is 0 Å². The van der Waals surface area contributed by atoms with Gasteiger partial charge in [-0.15, -0.1) is 0 Å². The van der Waals surface area contributed by atoms with Gasteiger partial charge in [0.1, 0.15) is 11.9 Å². The normalized spacial score (nSPS) is 45.8. The van der Waals surface area contributed by atoms with Crippen LogP contribution in [0.3, 0.4) is 0 Å². The Morgan fingerprint density at radius 1 is 1.06 bits per heavy atom. The first-order valence-corrected chi connectivity index (χ1v) is 13.3. The molecule has 8 atom stereocenters. The van der Waals surface area contributed by atoms with E-state index in [-0.39, 0.29) is 35.1 Å². The summed E-state index contributed by atoms with van der Waals surface area (Å²) in [5.41, 5.74) is -0.650. The van der Waals surface area contributed by atoms with Crippen LogP contribution in [0, 0.1) is 62.1 Å². The maximum Gasteiger partial charge on any atom is 0.302 e. The Balaban J connectivity index is 1.51. The molecule has 6 heteroatoms. The molecular formula is C29H38N2O4. The van der Waals surface area contributed by atoms with E-state index in [0.717, 1.165) is 51.4 Å². The number of carbonyl (C=O) groups excluding carboxylic acids is 2. The largest absolute Gasteiger partial charge is 0.462 e. The number of ether oxygens (including phenoxy) is 2. The fourth-order valence-corrected chi connectivity index (χ4v) is 9.89. The molecule has 6 nitrogen and oxygen atoms in total. The smallest absolute Gasteiger partial charge is 0.302 e. The number of carbonyl (C=O) groups is 2. The van der Waals surface area contributed by atoms with E-state index in [1.54, 1.807) is 0 Å². The van der Waals surface area contributed by atoms with Crippen LogP contribution in [0.25, 0.3) is 0 Å². The van der Waals surface area contributed by atoms with Crippen molar-refractivity contribution in [3.8, 4) is 12.1 Å². The zero-order chi connectivity index (χ0) is 25.2. The van der Waals surface area contributed by atoms with Gasteiger partial charge in [0.2, 0.25) is 0 Å². The predicted octanol–water partition coefficient (Wildman–Crippen LogP) is 5.28. The molecule has 35 heavy (non-hydrogen) atoms. The molecule has 5 aliphatic carbocycles. The predicted molar refractivity (Wildman–Crippen MR) is 128 cm³/mol. The van der Waals surface area contributed by atoms with Crippen molar-refractivity contribution in [2.24, 2.45) is 39.4 Å². The number of allylic oxidation sites excluding steroid dienone is 1. The maximum atomic E-state index is 13.0. The molecule has 0 aromatic carbocycles. The van der Waals surface area contributed by atoms with Gasteiger partial charge in [-0.2, -0.15) is 10.5 Å². The number of hydrogen-bond donors (Lipinski definition) is 0. The topological polar surface area (TPSA) is 100 Å². The van der Waals surface area contributed by atoms with Crippen molar-refractivity contribution in [2.45, 2.75) is 97.2 Å². The van der Waals surface area contributed by atoms with Crippen molar-refractivity contribution in [3.63, 3.8) is 0 Å². The molecule has 0 heterocycles. The number of methoxy groups -OCH3 is 1. The Hall–Kier alpha value is -2.18. The van der Waals surface area contributed by atoms with E-state index in [9.17, 15) is 20.1 Å². The van der Waals surface area contributed by atoms with Gasteiger partial charge in [0, 0.05) is 38.7 Å². The van der Waals surface area contributed by atoms with Crippen LogP contribution < -0.4 is 0 Å². The minimum Gasteiger partial charge on any atom is -0.462 e. The van der Waals surface area contributed by atoms with Crippen molar-refractivity contribution in [1.82, 2.24) is 0 Å². The third-order valence-electron chi connectivity index (χ3n) is 11.5. The zero-order valence-electron chi connectivity index (χ0n) is 21.6. The van der Waals surface area contributed by atoms with E-state index >= 15 is 0 Å². The number of Topliss-reactive ketones (excluding diaryl/α,β-unsaturated/α-hetero) is 1. The molecule has 0 aromatic rings. The molecule has 5 rings (SSSR count). The molecule has 188 valence electrons. The second kappa shape index (κ2) is 8.17. The molecule has 0 aliphatic heterocycles. The summed E-state index contributed by atoms with van der Waals surface area (Å²) in [6.45, 7) is 6.19. The van der Waals surface area contributed by atoms with Crippen LogP contribution in [-0.2, 0) is 19.1 Å². The lowest BCUT2D eigenvalue weighted by molar-refractivity contribution is -0.166. The summed E-state index contributed by atoms with van der Waals surface area (Å²) in [6.07, 6.45) is 9.64. The number of ketones is 1. The molecule has 0 saturated heterocycles. The van der Waals surface area contributed by atoms with Gasteiger partial charge in [-0.3, -0.25) is 9.59 Å². The highest BCUT2D eigenvalue weighted by Crippen LogP contribution is 2.75. The molecule has 0 radical (unpaired) electrons. The molecule has 4 fully saturated rings. The lowest BCUT2D eigenvalue weighted by Gasteiger charge is -2.62. The molecule has 0 N–H and O–H groups in total. The molecule has 0 unspecified atom stereocenters. The van der Waals surface area contributed by atoms with Crippen LogP contribution in [-0.4, -0.2) is 31.1 Å². The molecule has 0 bridgehead atoms. The third-order valence-corrected chi connectivity index (χ3v) is 11.5. The minimum absolute atomic E-state index is 0.0157. The number of nitriles is 2. The Morgan fingerprint density at radius 3 is 2.43 bits per heavy atom. The van der Waals surface area contributed by atoms with Gasteiger partial charge < -0.3 is 9.47 Å². The van der Waals surface area contributed by atoms with Crippen LogP contribution in [0.1, 0.15) is 85.0 Å². The first kappa shape index (κ1) is 24.5. The second-order valence-corrected chi connectivity index (χ2v) is 12.5. The maximum absolute atomic E-state index is 13.0. The summed E-state index contributed by atoms with van der Waals surface area (Å²) in [6, 6.07) is 4.87. The molecule has 0 aromatic heterocycles. The van der Waals surface area contributed by atoms with Crippen molar-refractivity contribution in [1.29, 1.82) is 10.5 Å². The van der Waals surface area contributed by atoms with Crippen LogP contribution in [0.5, 0.6) is 0 Å². The summed E-state index contributed by atoms with van der Waals surface area (Å²) in [4.78, 5) is 24.6. The van der Waals surface area contributed by atoms with Crippen molar-refractivity contribution in [2.75, 3.05) is 7.11 Å². The summed E-state index contributed by atoms with van der Waals surface area (Å²) in [7, 11) is 1.53. The van der Waals surface area contributed by atoms with E-state index < -0.39 is 16.9 Å². The third kappa shape index (κ3) is 3.08. The number of fused-ring (bicyclic) bond motifs is 6. The summed E-state index contributed by atoms with van der Waals surface area (Å²) in [5, 5.41) is 20.9. The fraction of sp³-hybridized carbons (Fsp3) is 0.793. The Morgan fingerprint density at radius 2 is 1.77 bits per heavy atom. The summed E-state index contributed by atoms with van der Waals surface area (Å²) in [5.74, 6) is 1.34. The highest BCUT2D eigenvalue weighted by molar-refractivity contribution is 5.82. The SMILES string of the molecule is CO[C@H]1CC(=O)C[C@@]2(CC[C@H]3[C@@H]4CC=C5C[C@@H](OC(C)=O)CC[C@]5(C)[C@H]4CC[C@@]32C)C1(C#N)C#N. The van der Waals surface area contributed by atoms with Gasteiger partial charge in [0.15, 0.2) is 5.41 Å². The second-order valence-electron chi connectivity index (χ2n) is 12.5. The molecule has 0 amide bonds. The fourth-order valence-electron chi connectivity index (χ4n) is 9.89. The minimum atomic E-state index is -1.30. The lowest BCUT2D eigenvalue weighted by atomic mass is 9.40. The van der Waals surface area contributed by atoms with Gasteiger partial charge in [0.25, 0.3) is 0 Å². The van der Waals surface area contributed by atoms with Crippen molar-refractivity contribution < 1.29 is 19.1 Å². The lowest BCUT2D eigenvalue weighted by Crippen LogP contribution is -2.62. The van der Waals surface area contributed by atoms with Gasteiger partial charge in [0.05, 0.1) is 18.2 Å². The van der Waals surface area contributed by atoms with Crippen molar-refractivity contribution in [3.05, 3.63) is 11.6 Å². The van der Waals surface area contributed by atoms with Gasteiger partial charge in [-0.25, -0.2) is 0 Å². The van der Waals surface area contributed by atoms with Crippen LogP contribution in [0.2, 0.25) is 0 Å².